The molecule has 0 spiro atoms. The zero-order valence-corrected chi connectivity index (χ0v) is 11.0. The van der Waals surface area contributed by atoms with Crippen molar-refractivity contribution in [3.05, 3.63) is 12.7 Å². The van der Waals surface area contributed by atoms with Crippen LogP contribution in [0.5, 0.6) is 0 Å². The summed E-state index contributed by atoms with van der Waals surface area (Å²) in [5, 5.41) is 25.5. The first-order chi connectivity index (χ1) is 8.47. The second kappa shape index (κ2) is 14.1. The maximum Gasteiger partial charge on any atom is 0.327 e. The lowest BCUT2D eigenvalue weighted by Crippen LogP contribution is -2.26. The Morgan fingerprint density at radius 2 is 2.00 bits per heavy atom. The highest BCUT2D eigenvalue weighted by Crippen LogP contribution is 1.93. The van der Waals surface area contributed by atoms with E-state index in [4.69, 9.17) is 19.7 Å². The molecule has 0 radical (unpaired) electrons. The van der Waals surface area contributed by atoms with Crippen molar-refractivity contribution in [3.63, 3.8) is 0 Å². The number of hydrogen-bond donors (Lipinski definition) is 3. The molecule has 0 rings (SSSR count). The molecule has 0 fully saturated rings. The fourth-order valence-corrected chi connectivity index (χ4v) is 0.740. The van der Waals surface area contributed by atoms with Crippen molar-refractivity contribution in [2.75, 3.05) is 26.4 Å². The van der Waals surface area contributed by atoms with Crippen LogP contribution in [0, 0.1) is 0 Å². The van der Waals surface area contributed by atoms with Gasteiger partial charge in [0.1, 0.15) is 6.10 Å². The van der Waals surface area contributed by atoms with Gasteiger partial charge in [0, 0.05) is 12.7 Å². The fourth-order valence-electron chi connectivity index (χ4n) is 0.740. The van der Waals surface area contributed by atoms with E-state index in [1.807, 2.05) is 6.92 Å². The van der Waals surface area contributed by atoms with E-state index < -0.39 is 12.1 Å². The second-order valence-electron chi connectivity index (χ2n) is 3.60. The third-order valence-corrected chi connectivity index (χ3v) is 1.66. The minimum atomic E-state index is -0.981. The number of aliphatic hydroxyl groups is 2. The summed E-state index contributed by atoms with van der Waals surface area (Å²) in [6.07, 6.45) is 0.960. The SMILES string of the molecule is C=CC(=O)O.CCCOCC(O)COC(C)CO. The predicted molar refractivity (Wildman–Crippen MR) is 67.4 cm³/mol. The van der Waals surface area contributed by atoms with E-state index in [9.17, 15) is 9.90 Å². The van der Waals surface area contributed by atoms with Gasteiger partial charge in [-0.3, -0.25) is 0 Å². The topological polar surface area (TPSA) is 96.2 Å². The lowest BCUT2D eigenvalue weighted by molar-refractivity contribution is -0.131. The average Bonchev–Trinajstić information content (AvgIpc) is 2.36. The van der Waals surface area contributed by atoms with Gasteiger partial charge < -0.3 is 24.8 Å². The van der Waals surface area contributed by atoms with Crippen molar-refractivity contribution < 1.29 is 29.6 Å². The molecular formula is C12H24O6. The molecule has 0 bridgehead atoms. The van der Waals surface area contributed by atoms with Crippen LogP contribution in [-0.2, 0) is 14.3 Å². The van der Waals surface area contributed by atoms with Crippen molar-refractivity contribution >= 4 is 5.97 Å². The number of carbonyl (C=O) groups is 1. The first kappa shape index (κ1) is 19.4. The van der Waals surface area contributed by atoms with Crippen LogP contribution in [0.2, 0.25) is 0 Å². The summed E-state index contributed by atoms with van der Waals surface area (Å²) in [4.78, 5) is 9.25. The van der Waals surface area contributed by atoms with Crippen molar-refractivity contribution in [2.24, 2.45) is 0 Å². The van der Waals surface area contributed by atoms with Crippen LogP contribution in [0.1, 0.15) is 20.3 Å². The smallest absolute Gasteiger partial charge is 0.327 e. The highest BCUT2D eigenvalue weighted by molar-refractivity contribution is 5.78. The molecule has 0 saturated heterocycles. The number of hydrogen-bond acceptors (Lipinski definition) is 5. The first-order valence-electron chi connectivity index (χ1n) is 5.81. The van der Waals surface area contributed by atoms with Crippen molar-refractivity contribution in [1.29, 1.82) is 0 Å². The molecule has 0 aliphatic rings. The fraction of sp³-hybridized carbons (Fsp3) is 0.750. The molecule has 18 heavy (non-hydrogen) atoms. The van der Waals surface area contributed by atoms with E-state index in [2.05, 4.69) is 6.58 Å². The van der Waals surface area contributed by atoms with Gasteiger partial charge in [-0.05, 0) is 13.3 Å². The van der Waals surface area contributed by atoms with Crippen LogP contribution >= 0.6 is 0 Å². The zero-order chi connectivity index (χ0) is 14.4. The van der Waals surface area contributed by atoms with Crippen LogP contribution in [0.15, 0.2) is 12.7 Å². The number of aliphatic hydroxyl groups excluding tert-OH is 2. The Hall–Kier alpha value is -0.950. The summed E-state index contributed by atoms with van der Waals surface area (Å²) in [6.45, 7) is 7.87. The number of ether oxygens (including phenoxy) is 2. The highest BCUT2D eigenvalue weighted by Gasteiger charge is 2.06. The Kier molecular flexibility index (Phi) is 15.2. The molecule has 6 heteroatoms. The molecule has 6 nitrogen and oxygen atoms in total. The van der Waals surface area contributed by atoms with Gasteiger partial charge in [-0.25, -0.2) is 4.79 Å². The van der Waals surface area contributed by atoms with Crippen LogP contribution in [0.4, 0.5) is 0 Å². The molecule has 0 aliphatic heterocycles. The lowest BCUT2D eigenvalue weighted by atomic mass is 10.4. The summed E-state index contributed by atoms with van der Waals surface area (Å²) in [5.74, 6) is -0.981. The molecular weight excluding hydrogens is 240 g/mol. The molecule has 0 aromatic heterocycles. The number of carboxylic acid groups (broad SMARTS) is 1. The molecule has 2 atom stereocenters. The third kappa shape index (κ3) is 17.4. The summed E-state index contributed by atoms with van der Waals surface area (Å²) in [6, 6.07) is 0. The molecule has 0 aromatic carbocycles. The lowest BCUT2D eigenvalue weighted by Gasteiger charge is -2.14. The third-order valence-electron chi connectivity index (χ3n) is 1.66. The van der Waals surface area contributed by atoms with Gasteiger partial charge >= 0.3 is 5.97 Å². The summed E-state index contributed by atoms with van der Waals surface area (Å²) in [7, 11) is 0. The van der Waals surface area contributed by atoms with Gasteiger partial charge in [0.15, 0.2) is 0 Å². The molecule has 0 aliphatic carbocycles. The van der Waals surface area contributed by atoms with Crippen molar-refractivity contribution in [1.82, 2.24) is 0 Å². The van der Waals surface area contributed by atoms with E-state index in [1.165, 1.54) is 0 Å². The van der Waals surface area contributed by atoms with Crippen molar-refractivity contribution in [3.8, 4) is 0 Å². The molecule has 0 heterocycles. The normalized spacial score (nSPS) is 13.1. The molecule has 2 unspecified atom stereocenters. The minimum Gasteiger partial charge on any atom is -0.478 e. The summed E-state index contributed by atoms with van der Waals surface area (Å²) in [5.41, 5.74) is 0. The van der Waals surface area contributed by atoms with Crippen LogP contribution in [-0.4, -0.2) is 59.9 Å². The Balaban J connectivity index is 0. The van der Waals surface area contributed by atoms with Gasteiger partial charge in [-0.2, -0.15) is 0 Å². The quantitative estimate of drug-likeness (QED) is 0.413. The summed E-state index contributed by atoms with van der Waals surface area (Å²) >= 11 is 0. The predicted octanol–water partition coefficient (Wildman–Crippen LogP) is 0.428. The van der Waals surface area contributed by atoms with Gasteiger partial charge in [-0.15, -0.1) is 0 Å². The van der Waals surface area contributed by atoms with E-state index in [1.54, 1.807) is 6.92 Å². The Morgan fingerprint density at radius 1 is 1.44 bits per heavy atom. The maximum atomic E-state index is 9.29. The second-order valence-corrected chi connectivity index (χ2v) is 3.60. The van der Waals surface area contributed by atoms with E-state index in [0.717, 1.165) is 12.5 Å². The Bertz CT molecular complexity index is 207. The van der Waals surface area contributed by atoms with E-state index in [0.29, 0.717) is 13.2 Å². The van der Waals surface area contributed by atoms with Crippen LogP contribution < -0.4 is 0 Å². The minimum absolute atomic E-state index is 0.0253. The Morgan fingerprint density at radius 3 is 2.39 bits per heavy atom. The van der Waals surface area contributed by atoms with Crippen LogP contribution in [0.25, 0.3) is 0 Å². The van der Waals surface area contributed by atoms with Gasteiger partial charge in [0.05, 0.1) is 25.9 Å². The first-order valence-corrected chi connectivity index (χ1v) is 5.81. The van der Waals surface area contributed by atoms with Gasteiger partial charge in [0.2, 0.25) is 0 Å². The maximum absolute atomic E-state index is 9.29. The summed E-state index contributed by atoms with van der Waals surface area (Å²) < 4.78 is 10.2. The van der Waals surface area contributed by atoms with Gasteiger partial charge in [-0.1, -0.05) is 13.5 Å². The highest BCUT2D eigenvalue weighted by atomic mass is 16.5. The molecule has 0 aromatic rings. The number of rotatable bonds is 9. The average molecular weight is 264 g/mol. The monoisotopic (exact) mass is 264 g/mol. The molecule has 0 amide bonds. The number of carboxylic acids is 1. The van der Waals surface area contributed by atoms with E-state index >= 15 is 0 Å². The van der Waals surface area contributed by atoms with Crippen molar-refractivity contribution in [2.45, 2.75) is 32.5 Å². The Labute approximate surface area is 108 Å². The molecule has 3 N–H and O–H groups in total. The molecule has 0 saturated carbocycles. The van der Waals surface area contributed by atoms with E-state index in [-0.39, 0.29) is 19.3 Å². The van der Waals surface area contributed by atoms with Gasteiger partial charge in [0.25, 0.3) is 0 Å². The number of aliphatic carboxylic acids is 1. The molecule has 108 valence electrons. The largest absolute Gasteiger partial charge is 0.478 e. The van der Waals surface area contributed by atoms with Crippen LogP contribution in [0.3, 0.4) is 0 Å². The standard InChI is InChI=1S/C9H20O4.C3H4O2/c1-3-4-12-6-9(11)7-13-8(2)5-10;1-2-3(4)5/h8-11H,3-7H2,1-2H3;2H,1H2,(H,4,5). The zero-order valence-electron chi connectivity index (χ0n) is 11.0.